The summed E-state index contributed by atoms with van der Waals surface area (Å²) in [5.41, 5.74) is 2.67. The Bertz CT molecular complexity index is 675. The zero-order valence-corrected chi connectivity index (χ0v) is 13.9. The van der Waals surface area contributed by atoms with Crippen LogP contribution in [0.1, 0.15) is 23.4 Å². The maximum Gasteiger partial charge on any atom is 0.250 e. The third-order valence-corrected chi connectivity index (χ3v) is 6.87. The highest BCUT2D eigenvalue weighted by Crippen LogP contribution is 2.24. The van der Waals surface area contributed by atoms with Gasteiger partial charge in [-0.1, -0.05) is 0 Å². The van der Waals surface area contributed by atoms with Gasteiger partial charge in [-0.25, -0.2) is 18.1 Å². The molecule has 0 saturated heterocycles. The predicted octanol–water partition coefficient (Wildman–Crippen LogP) is 1.98. The fourth-order valence-corrected chi connectivity index (χ4v) is 4.85. The molecule has 1 aliphatic carbocycles. The maximum atomic E-state index is 12.2. The minimum Gasteiger partial charge on any atom is -0.309 e. The van der Waals surface area contributed by atoms with Crippen molar-refractivity contribution in [2.75, 3.05) is 6.54 Å². The topological polar surface area (TPSA) is 71.1 Å². The molecule has 0 aromatic carbocycles. The molecule has 2 N–H and O–H groups in total. The Hall–Kier alpha value is -0.800. The average Bonchev–Trinajstić information content (AvgIpc) is 2.93. The fourth-order valence-electron chi connectivity index (χ4n) is 1.88. The SMILES string of the molecule is O=S(=O)(NCCc1cscn1)c1ccc(CNC2CC2)s1. The molecule has 114 valence electrons. The second-order valence-corrected chi connectivity index (χ2v) is 8.88. The van der Waals surface area contributed by atoms with Gasteiger partial charge in [-0.15, -0.1) is 22.7 Å². The summed E-state index contributed by atoms with van der Waals surface area (Å²) in [7, 11) is -3.40. The second kappa shape index (κ2) is 6.53. The Labute approximate surface area is 132 Å². The molecule has 0 unspecified atom stereocenters. The van der Waals surface area contributed by atoms with E-state index < -0.39 is 10.0 Å². The summed E-state index contributed by atoms with van der Waals surface area (Å²) >= 11 is 2.85. The van der Waals surface area contributed by atoms with Gasteiger partial charge in [0.1, 0.15) is 4.21 Å². The molecule has 0 spiro atoms. The van der Waals surface area contributed by atoms with Gasteiger partial charge in [-0.05, 0) is 25.0 Å². The molecule has 0 bridgehead atoms. The zero-order chi connectivity index (χ0) is 14.7. The summed E-state index contributed by atoms with van der Waals surface area (Å²) in [5, 5.41) is 5.32. The van der Waals surface area contributed by atoms with E-state index in [-0.39, 0.29) is 0 Å². The monoisotopic (exact) mass is 343 g/mol. The lowest BCUT2D eigenvalue weighted by molar-refractivity contribution is 0.583. The van der Waals surface area contributed by atoms with Gasteiger partial charge >= 0.3 is 0 Å². The van der Waals surface area contributed by atoms with Crippen LogP contribution < -0.4 is 10.0 Å². The molecule has 0 atom stereocenters. The van der Waals surface area contributed by atoms with Crippen LogP contribution in [0.25, 0.3) is 0 Å². The molecular formula is C13H17N3O2S3. The minimum absolute atomic E-state index is 0.375. The van der Waals surface area contributed by atoms with Crippen LogP contribution in [0.5, 0.6) is 0 Å². The summed E-state index contributed by atoms with van der Waals surface area (Å²) in [5.74, 6) is 0. The molecular weight excluding hydrogens is 326 g/mol. The van der Waals surface area contributed by atoms with Crippen LogP contribution in [0.2, 0.25) is 0 Å². The molecule has 21 heavy (non-hydrogen) atoms. The van der Waals surface area contributed by atoms with Crippen molar-refractivity contribution in [1.82, 2.24) is 15.0 Å². The van der Waals surface area contributed by atoms with E-state index >= 15 is 0 Å². The predicted molar refractivity (Wildman–Crippen MR) is 85.2 cm³/mol. The smallest absolute Gasteiger partial charge is 0.250 e. The van der Waals surface area contributed by atoms with Gasteiger partial charge in [0.2, 0.25) is 10.0 Å². The molecule has 1 aliphatic rings. The van der Waals surface area contributed by atoms with Gasteiger partial charge in [0.15, 0.2) is 0 Å². The van der Waals surface area contributed by atoms with Crippen molar-refractivity contribution < 1.29 is 8.42 Å². The Balaban J connectivity index is 1.53. The number of nitrogens with zero attached hydrogens (tertiary/aromatic N) is 1. The first-order chi connectivity index (χ1) is 10.1. The van der Waals surface area contributed by atoms with Crippen LogP contribution in [0, 0.1) is 0 Å². The summed E-state index contributed by atoms with van der Waals surface area (Å²) in [6.45, 7) is 1.13. The second-order valence-electron chi connectivity index (χ2n) is 5.00. The third kappa shape index (κ3) is 4.33. The van der Waals surface area contributed by atoms with Crippen molar-refractivity contribution in [3.63, 3.8) is 0 Å². The van der Waals surface area contributed by atoms with Crippen LogP contribution in [0.4, 0.5) is 0 Å². The van der Waals surface area contributed by atoms with Gasteiger partial charge < -0.3 is 5.32 Å². The molecule has 3 rings (SSSR count). The van der Waals surface area contributed by atoms with Crippen molar-refractivity contribution in [1.29, 1.82) is 0 Å². The summed E-state index contributed by atoms with van der Waals surface area (Å²) in [6, 6.07) is 4.19. The standard InChI is InChI=1S/C13H17N3O2S3/c17-21(18,16-6-5-11-8-19-9-15-11)13-4-3-12(20-13)7-14-10-1-2-10/h3-4,8-10,14,16H,1-2,5-7H2. The van der Waals surface area contributed by atoms with E-state index in [2.05, 4.69) is 15.0 Å². The molecule has 1 fully saturated rings. The molecule has 0 aliphatic heterocycles. The summed E-state index contributed by atoms with van der Waals surface area (Å²) in [4.78, 5) is 5.19. The van der Waals surface area contributed by atoms with E-state index in [0.29, 0.717) is 23.2 Å². The van der Waals surface area contributed by atoms with Crippen LogP contribution >= 0.6 is 22.7 Å². The molecule has 2 heterocycles. The molecule has 0 amide bonds. The van der Waals surface area contributed by atoms with Crippen molar-refractivity contribution >= 4 is 32.7 Å². The summed E-state index contributed by atoms with van der Waals surface area (Å²) < 4.78 is 27.4. The molecule has 2 aromatic rings. The number of thiophene rings is 1. The van der Waals surface area contributed by atoms with Crippen LogP contribution in [-0.2, 0) is 23.0 Å². The largest absolute Gasteiger partial charge is 0.309 e. The van der Waals surface area contributed by atoms with Crippen molar-refractivity contribution in [2.45, 2.75) is 36.1 Å². The molecule has 1 saturated carbocycles. The van der Waals surface area contributed by atoms with E-state index in [1.165, 1.54) is 35.5 Å². The number of aromatic nitrogens is 1. The highest BCUT2D eigenvalue weighted by Gasteiger charge is 2.21. The van der Waals surface area contributed by atoms with Gasteiger partial charge in [-0.3, -0.25) is 0 Å². The lowest BCUT2D eigenvalue weighted by atomic mass is 10.3. The summed E-state index contributed by atoms with van der Waals surface area (Å²) in [6.07, 6.45) is 3.08. The number of hydrogen-bond acceptors (Lipinski definition) is 6. The number of sulfonamides is 1. The van der Waals surface area contributed by atoms with Crippen molar-refractivity contribution in [2.24, 2.45) is 0 Å². The quantitative estimate of drug-likeness (QED) is 0.769. The van der Waals surface area contributed by atoms with E-state index in [9.17, 15) is 8.42 Å². The normalized spacial score (nSPS) is 15.4. The lowest BCUT2D eigenvalue weighted by Crippen LogP contribution is -2.25. The van der Waals surface area contributed by atoms with Gasteiger partial charge in [-0.2, -0.15) is 0 Å². The number of hydrogen-bond donors (Lipinski definition) is 2. The molecule has 5 nitrogen and oxygen atoms in total. The van der Waals surface area contributed by atoms with Crippen LogP contribution in [0.3, 0.4) is 0 Å². The highest BCUT2D eigenvalue weighted by molar-refractivity contribution is 7.91. The Morgan fingerprint density at radius 2 is 2.19 bits per heavy atom. The zero-order valence-electron chi connectivity index (χ0n) is 11.4. The van der Waals surface area contributed by atoms with Gasteiger partial charge in [0, 0.05) is 35.8 Å². The van der Waals surface area contributed by atoms with Gasteiger partial charge in [0.05, 0.1) is 11.2 Å². The molecule has 2 aromatic heterocycles. The van der Waals surface area contributed by atoms with Crippen LogP contribution in [-0.4, -0.2) is 26.0 Å². The van der Waals surface area contributed by atoms with Crippen molar-refractivity contribution in [3.05, 3.63) is 33.6 Å². The fraction of sp³-hybridized carbons (Fsp3) is 0.462. The first-order valence-electron chi connectivity index (χ1n) is 6.82. The first kappa shape index (κ1) is 15.1. The number of nitrogens with one attached hydrogen (secondary N) is 2. The Kier molecular flexibility index (Phi) is 4.70. The van der Waals surface area contributed by atoms with E-state index in [1.54, 1.807) is 11.6 Å². The van der Waals surface area contributed by atoms with E-state index in [4.69, 9.17) is 0 Å². The number of rotatable bonds is 8. The third-order valence-electron chi connectivity index (χ3n) is 3.20. The Morgan fingerprint density at radius 1 is 1.33 bits per heavy atom. The number of thiazole rings is 1. The molecule has 0 radical (unpaired) electrons. The molecule has 8 heteroatoms. The average molecular weight is 343 g/mol. The van der Waals surface area contributed by atoms with Crippen LogP contribution in [0.15, 0.2) is 27.2 Å². The Morgan fingerprint density at radius 3 is 2.90 bits per heavy atom. The highest BCUT2D eigenvalue weighted by atomic mass is 32.2. The van der Waals surface area contributed by atoms with E-state index in [1.807, 2.05) is 11.4 Å². The maximum absolute atomic E-state index is 12.2. The van der Waals surface area contributed by atoms with Crippen molar-refractivity contribution in [3.8, 4) is 0 Å². The minimum atomic E-state index is -3.40. The van der Waals surface area contributed by atoms with E-state index in [0.717, 1.165) is 17.1 Å². The first-order valence-corrected chi connectivity index (χ1v) is 10.1. The van der Waals surface area contributed by atoms with Gasteiger partial charge in [0.25, 0.3) is 0 Å². The lowest BCUT2D eigenvalue weighted by Gasteiger charge is -2.03.